The molecule has 2 rings (SSSR count). The molecule has 7 heteroatoms. The van der Waals surface area contributed by atoms with Crippen LogP contribution in [0.15, 0.2) is 12.1 Å². The number of esters is 1. The van der Waals surface area contributed by atoms with Gasteiger partial charge in [0.2, 0.25) is 5.75 Å². The van der Waals surface area contributed by atoms with E-state index in [-0.39, 0.29) is 29.9 Å². The number of benzene rings is 1. The van der Waals surface area contributed by atoms with E-state index in [2.05, 4.69) is 6.92 Å². The van der Waals surface area contributed by atoms with Crippen LogP contribution in [-0.2, 0) is 4.74 Å². The Kier molecular flexibility index (Phi) is 9.49. The Morgan fingerprint density at radius 1 is 1.00 bits per heavy atom. The number of ether oxygens (including phenoxy) is 4. The Bertz CT molecular complexity index is 562. The lowest BCUT2D eigenvalue weighted by Gasteiger charge is -2.40. The van der Waals surface area contributed by atoms with E-state index >= 15 is 0 Å². The van der Waals surface area contributed by atoms with Gasteiger partial charge in [-0.25, -0.2) is 4.79 Å². The maximum Gasteiger partial charge on any atom is 0.338 e. The summed E-state index contributed by atoms with van der Waals surface area (Å²) in [7, 11) is 4.58. The molecule has 0 atom stereocenters. The molecule has 0 aliphatic carbocycles. The number of piperidine rings is 1. The number of likely N-dealkylation sites (N-methyl/N-ethyl adjacent to an activating group) is 1. The van der Waals surface area contributed by atoms with Crippen LogP contribution in [0.4, 0.5) is 0 Å². The van der Waals surface area contributed by atoms with Gasteiger partial charge in [0.25, 0.3) is 0 Å². The lowest BCUT2D eigenvalue weighted by atomic mass is 10.1. The largest absolute Gasteiger partial charge is 1.00 e. The number of methoxy groups -OCH3 is 3. The Hall–Kier alpha value is -1.22. The van der Waals surface area contributed by atoms with Gasteiger partial charge in [0, 0.05) is 0 Å². The number of quaternary nitrogens is 1. The Morgan fingerprint density at radius 3 is 2.04 bits per heavy atom. The third-order valence-electron chi connectivity index (χ3n) is 5.13. The first-order valence-electron chi connectivity index (χ1n) is 8.91. The lowest BCUT2D eigenvalue weighted by Crippen LogP contribution is -3.00. The van der Waals surface area contributed by atoms with Crippen LogP contribution in [0.25, 0.3) is 0 Å². The number of hydrogen-bond acceptors (Lipinski definition) is 5. The van der Waals surface area contributed by atoms with Crippen molar-refractivity contribution in [3.8, 4) is 17.2 Å². The van der Waals surface area contributed by atoms with Crippen LogP contribution in [0.1, 0.15) is 36.5 Å². The van der Waals surface area contributed by atoms with Crippen molar-refractivity contribution in [3.63, 3.8) is 0 Å². The molecular weight excluding hydrogens is 449 g/mol. The summed E-state index contributed by atoms with van der Waals surface area (Å²) in [6, 6.07) is 3.24. The quantitative estimate of drug-likeness (QED) is 0.296. The first kappa shape index (κ1) is 22.8. The second-order valence-corrected chi connectivity index (χ2v) is 6.44. The van der Waals surface area contributed by atoms with Crippen LogP contribution >= 0.6 is 0 Å². The normalized spacial score (nSPS) is 15.5. The summed E-state index contributed by atoms with van der Waals surface area (Å²) in [6.07, 6.45) is 3.83. The lowest BCUT2D eigenvalue weighted by molar-refractivity contribution is -0.930. The smallest absolute Gasteiger partial charge is 0.338 e. The predicted molar refractivity (Wildman–Crippen MR) is 95.6 cm³/mol. The van der Waals surface area contributed by atoms with Gasteiger partial charge in [-0.05, 0) is 38.3 Å². The molecule has 0 amide bonds. The Labute approximate surface area is 173 Å². The van der Waals surface area contributed by atoms with Gasteiger partial charge in [-0.2, -0.15) is 0 Å². The number of hydrogen-bond donors (Lipinski definition) is 0. The average molecular weight is 479 g/mol. The average Bonchev–Trinajstić information content (AvgIpc) is 2.67. The predicted octanol–water partition coefficient (Wildman–Crippen LogP) is -0.106. The monoisotopic (exact) mass is 479 g/mol. The minimum absolute atomic E-state index is 0. The molecule has 148 valence electrons. The first-order valence-corrected chi connectivity index (χ1v) is 8.91. The molecule has 1 saturated heterocycles. The maximum atomic E-state index is 12.4. The molecule has 1 aromatic carbocycles. The van der Waals surface area contributed by atoms with Crippen molar-refractivity contribution in [2.75, 3.05) is 54.1 Å². The van der Waals surface area contributed by atoms with Crippen LogP contribution in [0.5, 0.6) is 17.2 Å². The molecule has 1 aliphatic heterocycles. The van der Waals surface area contributed by atoms with Gasteiger partial charge in [0.15, 0.2) is 11.5 Å². The van der Waals surface area contributed by atoms with Gasteiger partial charge >= 0.3 is 5.97 Å². The van der Waals surface area contributed by atoms with Crippen molar-refractivity contribution in [1.29, 1.82) is 0 Å². The highest BCUT2D eigenvalue weighted by atomic mass is 127. The topological polar surface area (TPSA) is 54.0 Å². The summed E-state index contributed by atoms with van der Waals surface area (Å²) in [5.41, 5.74) is 0.399. The van der Waals surface area contributed by atoms with Crippen LogP contribution in [0.3, 0.4) is 0 Å². The van der Waals surface area contributed by atoms with Crippen LogP contribution in [0, 0.1) is 0 Å². The van der Waals surface area contributed by atoms with Gasteiger partial charge in [0.05, 0.1) is 46.5 Å². The molecule has 0 saturated carbocycles. The fourth-order valence-electron chi connectivity index (χ4n) is 3.50. The summed E-state index contributed by atoms with van der Waals surface area (Å²) in [4.78, 5) is 12.4. The second-order valence-electron chi connectivity index (χ2n) is 6.44. The second kappa shape index (κ2) is 10.8. The zero-order valence-electron chi connectivity index (χ0n) is 16.2. The van der Waals surface area contributed by atoms with Crippen molar-refractivity contribution in [3.05, 3.63) is 17.7 Å². The van der Waals surface area contributed by atoms with Gasteiger partial charge < -0.3 is 47.4 Å². The number of likely N-dealkylation sites (tertiary alicyclic amines) is 1. The van der Waals surface area contributed by atoms with Crippen molar-refractivity contribution < 1.29 is 52.2 Å². The van der Waals surface area contributed by atoms with E-state index in [4.69, 9.17) is 18.9 Å². The Balaban J connectivity index is 0.00000338. The molecule has 0 aromatic heterocycles. The van der Waals surface area contributed by atoms with Gasteiger partial charge in [0.1, 0.15) is 13.2 Å². The van der Waals surface area contributed by atoms with Gasteiger partial charge in [-0.3, -0.25) is 0 Å². The molecular formula is C19H30INO5. The van der Waals surface area contributed by atoms with Crippen LogP contribution in [-0.4, -0.2) is 64.6 Å². The van der Waals surface area contributed by atoms with E-state index in [1.807, 2.05) is 0 Å². The zero-order valence-corrected chi connectivity index (χ0v) is 18.3. The maximum absolute atomic E-state index is 12.4. The highest BCUT2D eigenvalue weighted by molar-refractivity contribution is 5.91. The van der Waals surface area contributed by atoms with Crippen LogP contribution < -0.4 is 38.2 Å². The number of halogens is 1. The van der Waals surface area contributed by atoms with E-state index in [0.717, 1.165) is 17.6 Å². The molecule has 0 radical (unpaired) electrons. The number of carbonyl (C=O) groups is 1. The molecule has 1 aromatic rings. The zero-order chi connectivity index (χ0) is 18.3. The van der Waals surface area contributed by atoms with Crippen LogP contribution in [0.2, 0.25) is 0 Å². The number of carbonyl (C=O) groups excluding carboxylic acids is 1. The minimum atomic E-state index is -0.370. The standard InChI is InChI=1S/C19H30NO5.HI/c1-5-20(9-7-6-8-10-20)11-12-25-19(21)15-13-16(22-2)18(24-4)17(14-15)23-3;/h13-14H,5-12H2,1-4H3;1H/q+1;/p-1. The first-order chi connectivity index (χ1) is 12.1. The van der Waals surface area contributed by atoms with Crippen molar-refractivity contribution >= 4 is 5.97 Å². The molecule has 6 nitrogen and oxygen atoms in total. The molecule has 0 N–H and O–H groups in total. The molecule has 0 unspecified atom stereocenters. The molecule has 1 fully saturated rings. The summed E-state index contributed by atoms with van der Waals surface area (Å²) in [5, 5.41) is 0. The van der Waals surface area contributed by atoms with E-state index in [0.29, 0.717) is 29.4 Å². The van der Waals surface area contributed by atoms with Crippen molar-refractivity contribution in [1.82, 2.24) is 0 Å². The van der Waals surface area contributed by atoms with E-state index in [1.165, 1.54) is 53.7 Å². The number of rotatable bonds is 8. The summed E-state index contributed by atoms with van der Waals surface area (Å²) >= 11 is 0. The number of nitrogens with zero attached hydrogens (tertiary/aromatic N) is 1. The van der Waals surface area contributed by atoms with E-state index in [9.17, 15) is 4.79 Å². The van der Waals surface area contributed by atoms with Gasteiger partial charge in [-0.15, -0.1) is 0 Å². The SMILES string of the molecule is CC[N+]1(CCOC(=O)c2cc(OC)c(OC)c(OC)c2)CCCCC1.[I-]. The molecule has 1 heterocycles. The molecule has 0 bridgehead atoms. The third-order valence-corrected chi connectivity index (χ3v) is 5.13. The Morgan fingerprint density at radius 2 is 1.58 bits per heavy atom. The summed E-state index contributed by atoms with van der Waals surface area (Å²) in [5.74, 6) is 0.986. The van der Waals surface area contributed by atoms with E-state index < -0.39 is 0 Å². The van der Waals surface area contributed by atoms with Gasteiger partial charge in [-0.1, -0.05) is 0 Å². The summed E-state index contributed by atoms with van der Waals surface area (Å²) < 4.78 is 22.4. The highest BCUT2D eigenvalue weighted by Crippen LogP contribution is 2.38. The fraction of sp³-hybridized carbons (Fsp3) is 0.632. The highest BCUT2D eigenvalue weighted by Gasteiger charge is 2.28. The van der Waals surface area contributed by atoms with Crippen molar-refractivity contribution in [2.45, 2.75) is 26.2 Å². The van der Waals surface area contributed by atoms with E-state index in [1.54, 1.807) is 12.1 Å². The minimum Gasteiger partial charge on any atom is -1.00 e. The third kappa shape index (κ3) is 5.39. The van der Waals surface area contributed by atoms with Crippen molar-refractivity contribution in [2.24, 2.45) is 0 Å². The molecule has 26 heavy (non-hydrogen) atoms. The molecule has 1 aliphatic rings. The fourth-order valence-corrected chi connectivity index (χ4v) is 3.50. The molecule has 0 spiro atoms. The summed E-state index contributed by atoms with van der Waals surface area (Å²) in [6.45, 7) is 6.94.